The lowest BCUT2D eigenvalue weighted by atomic mass is 10.2. The van der Waals surface area contributed by atoms with Gasteiger partial charge in [-0.1, -0.05) is 35.0 Å². The van der Waals surface area contributed by atoms with Crippen molar-refractivity contribution in [1.82, 2.24) is 10.9 Å². The van der Waals surface area contributed by atoms with Gasteiger partial charge in [0.2, 0.25) is 5.91 Å². The molecule has 11 heteroatoms. The van der Waals surface area contributed by atoms with Gasteiger partial charge in [-0.25, -0.2) is 0 Å². The molecule has 0 fully saturated rings. The van der Waals surface area contributed by atoms with Crippen LogP contribution in [0.15, 0.2) is 82.6 Å². The van der Waals surface area contributed by atoms with Gasteiger partial charge >= 0.3 is 5.97 Å². The fourth-order valence-electron chi connectivity index (χ4n) is 2.92. The van der Waals surface area contributed by atoms with Crippen LogP contribution in [0.1, 0.15) is 29.6 Å². The van der Waals surface area contributed by atoms with Crippen LogP contribution in [-0.4, -0.2) is 30.3 Å². The first-order chi connectivity index (χ1) is 17.8. The Kier molecular flexibility index (Phi) is 10.8. The maximum atomic E-state index is 12.2. The second-order valence-electron chi connectivity index (χ2n) is 7.65. The number of hydrazine groups is 1. The molecule has 37 heavy (non-hydrogen) atoms. The van der Waals surface area contributed by atoms with Crippen molar-refractivity contribution in [1.29, 1.82) is 0 Å². The van der Waals surface area contributed by atoms with Crippen molar-refractivity contribution < 1.29 is 23.9 Å². The van der Waals surface area contributed by atoms with Crippen LogP contribution in [0.25, 0.3) is 0 Å². The zero-order valence-electron chi connectivity index (χ0n) is 19.5. The van der Waals surface area contributed by atoms with E-state index in [2.05, 4.69) is 16.2 Å². The Labute approximate surface area is 228 Å². The number of ether oxygens (including phenoxy) is 1. The highest BCUT2D eigenvalue weighted by Crippen LogP contribution is 2.29. The van der Waals surface area contributed by atoms with Crippen LogP contribution in [0, 0.1) is 0 Å². The van der Waals surface area contributed by atoms with Gasteiger partial charge in [0, 0.05) is 43.9 Å². The predicted molar refractivity (Wildman–Crippen MR) is 143 cm³/mol. The monoisotopic (exact) mass is 559 g/mol. The third kappa shape index (κ3) is 10.2. The second-order valence-corrected chi connectivity index (χ2v) is 9.67. The van der Waals surface area contributed by atoms with Gasteiger partial charge in [0.25, 0.3) is 11.8 Å². The Morgan fingerprint density at radius 3 is 1.89 bits per heavy atom. The Morgan fingerprint density at radius 2 is 1.27 bits per heavy atom. The number of hydrogen-bond donors (Lipinski definition) is 3. The fraction of sp³-hybridized carbons (Fsp3) is 0.154. The molecule has 3 rings (SSSR count). The van der Waals surface area contributed by atoms with Crippen LogP contribution in [0.4, 0.5) is 5.69 Å². The van der Waals surface area contributed by atoms with Gasteiger partial charge < -0.3 is 10.1 Å². The minimum atomic E-state index is -0.703. The number of hydrogen-bond acceptors (Lipinski definition) is 6. The third-order valence-electron chi connectivity index (χ3n) is 4.76. The zero-order chi connectivity index (χ0) is 26.6. The van der Waals surface area contributed by atoms with E-state index < -0.39 is 24.4 Å². The molecule has 3 N–H and O–H groups in total. The zero-order valence-corrected chi connectivity index (χ0v) is 21.8. The van der Waals surface area contributed by atoms with E-state index in [-0.39, 0.29) is 25.2 Å². The van der Waals surface area contributed by atoms with Gasteiger partial charge in [-0.05, 0) is 79.2 Å². The summed E-state index contributed by atoms with van der Waals surface area (Å²) in [4.78, 5) is 49.7. The molecule has 3 aromatic rings. The summed E-state index contributed by atoms with van der Waals surface area (Å²) in [5, 5.41) is 3.93. The highest BCUT2D eigenvalue weighted by molar-refractivity contribution is 7.99. The van der Waals surface area contributed by atoms with E-state index in [0.29, 0.717) is 21.3 Å². The molecule has 0 atom stereocenters. The van der Waals surface area contributed by atoms with Crippen molar-refractivity contribution in [2.24, 2.45) is 0 Å². The molecular formula is C26H23Cl2N3O5S. The standard InChI is InChI=1S/C26H23Cl2N3O5S/c27-18-6-4-17(5-7-18)26(35)31-30-24(33)16-36-25(34)3-1-2-23(32)29-20-10-14-22(15-11-20)37-21-12-8-19(28)9-13-21/h4-15H,1-3,16H2,(H,29,32)(H,30,33)(H,31,35). The smallest absolute Gasteiger partial charge is 0.306 e. The number of benzene rings is 3. The third-order valence-corrected chi connectivity index (χ3v) is 6.28. The average molecular weight is 560 g/mol. The molecule has 0 saturated heterocycles. The molecule has 3 aromatic carbocycles. The Hall–Kier alpha value is -3.53. The Bertz CT molecular complexity index is 1240. The van der Waals surface area contributed by atoms with Gasteiger partial charge in [-0.3, -0.25) is 30.0 Å². The Morgan fingerprint density at radius 1 is 0.703 bits per heavy atom. The number of anilines is 1. The summed E-state index contributed by atoms with van der Waals surface area (Å²) in [6.07, 6.45) is 0.332. The van der Waals surface area contributed by atoms with Gasteiger partial charge in [-0.15, -0.1) is 0 Å². The Balaban J connectivity index is 1.29. The van der Waals surface area contributed by atoms with Gasteiger partial charge in [0.1, 0.15) is 0 Å². The summed E-state index contributed by atoms with van der Waals surface area (Å²) < 4.78 is 4.87. The number of esters is 1. The first-order valence-corrected chi connectivity index (χ1v) is 12.7. The molecule has 0 bridgehead atoms. The van der Waals surface area contributed by atoms with Crippen molar-refractivity contribution in [2.45, 2.75) is 29.1 Å². The van der Waals surface area contributed by atoms with Gasteiger partial charge in [-0.2, -0.15) is 0 Å². The summed E-state index contributed by atoms with van der Waals surface area (Å²) in [7, 11) is 0. The molecule has 192 valence electrons. The molecule has 8 nitrogen and oxygen atoms in total. The summed E-state index contributed by atoms with van der Waals surface area (Å²) in [6, 6.07) is 21.0. The number of halogens is 2. The number of carbonyl (C=O) groups is 4. The highest BCUT2D eigenvalue weighted by atomic mass is 35.5. The molecule has 0 aliphatic rings. The van der Waals surface area contributed by atoms with Crippen LogP contribution in [0.5, 0.6) is 0 Å². The molecular weight excluding hydrogens is 537 g/mol. The lowest BCUT2D eigenvalue weighted by Gasteiger charge is -2.09. The molecule has 3 amide bonds. The molecule has 0 unspecified atom stereocenters. The average Bonchev–Trinajstić information content (AvgIpc) is 2.89. The first kappa shape index (κ1) is 28.0. The summed E-state index contributed by atoms with van der Waals surface area (Å²) in [5.41, 5.74) is 5.30. The van der Waals surface area contributed by atoms with Crippen LogP contribution in [-0.2, 0) is 19.1 Å². The van der Waals surface area contributed by atoms with Crippen molar-refractivity contribution in [2.75, 3.05) is 11.9 Å². The fourth-order valence-corrected chi connectivity index (χ4v) is 3.98. The maximum Gasteiger partial charge on any atom is 0.306 e. The number of carbonyl (C=O) groups excluding carboxylic acids is 4. The van der Waals surface area contributed by atoms with E-state index in [9.17, 15) is 19.2 Å². The van der Waals surface area contributed by atoms with E-state index in [1.54, 1.807) is 36.0 Å². The summed E-state index contributed by atoms with van der Waals surface area (Å²) in [5.74, 6) is -2.12. The molecule has 0 saturated carbocycles. The molecule has 0 radical (unpaired) electrons. The molecule has 0 heterocycles. The number of nitrogens with one attached hydrogen (secondary N) is 3. The van der Waals surface area contributed by atoms with E-state index in [1.165, 1.54) is 12.1 Å². The topological polar surface area (TPSA) is 114 Å². The minimum absolute atomic E-state index is 0.0332. The van der Waals surface area contributed by atoms with Crippen LogP contribution < -0.4 is 16.2 Å². The molecule has 0 aromatic heterocycles. The van der Waals surface area contributed by atoms with Crippen molar-refractivity contribution >= 4 is 64.3 Å². The summed E-state index contributed by atoms with van der Waals surface area (Å²) >= 11 is 13.2. The predicted octanol–water partition coefficient (Wildman–Crippen LogP) is 5.26. The van der Waals surface area contributed by atoms with Gasteiger partial charge in [0.15, 0.2) is 6.61 Å². The quantitative estimate of drug-likeness (QED) is 0.230. The van der Waals surface area contributed by atoms with Crippen molar-refractivity contribution in [3.05, 3.63) is 88.4 Å². The second kappa shape index (κ2) is 14.3. The van der Waals surface area contributed by atoms with Crippen molar-refractivity contribution in [3.63, 3.8) is 0 Å². The highest BCUT2D eigenvalue weighted by Gasteiger charge is 2.11. The SMILES string of the molecule is O=C(COC(=O)CCCC(=O)Nc1ccc(Sc2ccc(Cl)cc2)cc1)NNC(=O)c1ccc(Cl)cc1. The first-order valence-electron chi connectivity index (χ1n) is 11.1. The molecule has 0 aliphatic heterocycles. The largest absolute Gasteiger partial charge is 0.455 e. The number of rotatable bonds is 10. The van der Waals surface area contributed by atoms with Gasteiger partial charge in [0.05, 0.1) is 0 Å². The van der Waals surface area contributed by atoms with Crippen LogP contribution in [0.3, 0.4) is 0 Å². The van der Waals surface area contributed by atoms with Crippen LogP contribution >= 0.6 is 35.0 Å². The number of amides is 3. The molecule has 0 spiro atoms. The van der Waals surface area contributed by atoms with E-state index in [4.69, 9.17) is 27.9 Å². The molecule has 0 aliphatic carbocycles. The lowest BCUT2D eigenvalue weighted by Crippen LogP contribution is -2.43. The van der Waals surface area contributed by atoms with E-state index in [1.807, 2.05) is 36.4 Å². The maximum absolute atomic E-state index is 12.2. The van der Waals surface area contributed by atoms with Crippen molar-refractivity contribution in [3.8, 4) is 0 Å². The van der Waals surface area contributed by atoms with E-state index in [0.717, 1.165) is 9.79 Å². The van der Waals surface area contributed by atoms with Crippen LogP contribution in [0.2, 0.25) is 10.0 Å². The summed E-state index contributed by atoms with van der Waals surface area (Å²) in [6.45, 7) is -0.563. The normalized spacial score (nSPS) is 10.3. The minimum Gasteiger partial charge on any atom is -0.455 e. The van der Waals surface area contributed by atoms with E-state index >= 15 is 0 Å². The lowest BCUT2D eigenvalue weighted by molar-refractivity contribution is -0.148.